The van der Waals surface area contributed by atoms with E-state index in [1.807, 2.05) is 0 Å². The van der Waals surface area contributed by atoms with Crippen LogP contribution in [-0.2, 0) is 7.05 Å². The molecule has 0 fully saturated rings. The predicted molar refractivity (Wildman–Crippen MR) is 72.9 cm³/mol. The van der Waals surface area contributed by atoms with E-state index < -0.39 is 5.97 Å². The third kappa shape index (κ3) is 2.27. The number of benzene rings is 1. The van der Waals surface area contributed by atoms with Gasteiger partial charge in [0.25, 0.3) is 0 Å². The van der Waals surface area contributed by atoms with Crippen molar-refractivity contribution in [2.24, 2.45) is 7.05 Å². The second kappa shape index (κ2) is 4.90. The van der Waals surface area contributed by atoms with E-state index in [1.165, 1.54) is 0 Å². The molecule has 4 nitrogen and oxygen atoms in total. The zero-order valence-electron chi connectivity index (χ0n) is 10.5. The summed E-state index contributed by atoms with van der Waals surface area (Å²) in [5.41, 5.74) is 2.59. The van der Waals surface area contributed by atoms with Gasteiger partial charge in [-0.3, -0.25) is 4.79 Å². The first kappa shape index (κ1) is 13.4. The lowest BCUT2D eigenvalue weighted by molar-refractivity contribution is 0.0696. The van der Waals surface area contributed by atoms with E-state index in [2.05, 4.69) is 0 Å². The van der Waals surface area contributed by atoms with E-state index in [-0.39, 0.29) is 5.56 Å². The Morgan fingerprint density at radius 3 is 2.58 bits per heavy atom. The molecule has 0 atom stereocenters. The van der Waals surface area contributed by atoms with Crippen LogP contribution < -0.4 is 0 Å². The largest absolute Gasteiger partial charge is 0.478 e. The predicted octanol–water partition coefficient (Wildman–Crippen LogP) is 3.16. The van der Waals surface area contributed by atoms with E-state index in [4.69, 9.17) is 16.7 Å². The number of nitrogens with zero attached hydrogens (tertiary/aromatic N) is 1. The molecule has 19 heavy (non-hydrogen) atoms. The molecule has 0 saturated heterocycles. The summed E-state index contributed by atoms with van der Waals surface area (Å²) in [5.74, 6) is -0.992. The summed E-state index contributed by atoms with van der Waals surface area (Å²) in [6, 6.07) is 6.46. The Morgan fingerprint density at radius 2 is 2.05 bits per heavy atom. The van der Waals surface area contributed by atoms with Crippen LogP contribution >= 0.6 is 11.6 Å². The van der Waals surface area contributed by atoms with Crippen LogP contribution in [0.25, 0.3) is 11.3 Å². The third-order valence-corrected chi connectivity index (χ3v) is 3.42. The number of hydrogen-bond donors (Lipinski definition) is 1. The van der Waals surface area contributed by atoms with Gasteiger partial charge in [0.1, 0.15) is 0 Å². The number of aromatic carboxylic acids is 1. The van der Waals surface area contributed by atoms with Gasteiger partial charge in [-0.25, -0.2) is 4.79 Å². The molecule has 2 rings (SSSR count). The van der Waals surface area contributed by atoms with Crippen LogP contribution in [0.2, 0.25) is 5.02 Å². The minimum atomic E-state index is -0.992. The van der Waals surface area contributed by atoms with Gasteiger partial charge in [-0.2, -0.15) is 0 Å². The van der Waals surface area contributed by atoms with Gasteiger partial charge in [0.15, 0.2) is 6.29 Å². The Hall–Kier alpha value is -2.07. The highest BCUT2D eigenvalue weighted by molar-refractivity contribution is 6.31. The van der Waals surface area contributed by atoms with Crippen LogP contribution in [0.5, 0.6) is 0 Å². The van der Waals surface area contributed by atoms with Gasteiger partial charge in [-0.15, -0.1) is 0 Å². The number of aldehydes is 1. The Morgan fingerprint density at radius 1 is 1.37 bits per heavy atom. The minimum absolute atomic E-state index is 0.217. The SMILES string of the molecule is Cc1c(C(=O)O)cc(-c2cc(Cl)ccc2C=O)n1C. The monoisotopic (exact) mass is 277 g/mol. The molecule has 0 amide bonds. The first-order chi connectivity index (χ1) is 8.95. The summed E-state index contributed by atoms with van der Waals surface area (Å²) in [4.78, 5) is 22.2. The average molecular weight is 278 g/mol. The van der Waals surface area contributed by atoms with Crippen LogP contribution in [0, 0.1) is 6.92 Å². The Balaban J connectivity index is 2.72. The molecular formula is C14H12ClNO3. The number of carbonyl (C=O) groups is 2. The molecular weight excluding hydrogens is 266 g/mol. The molecule has 1 aromatic heterocycles. The second-order valence-electron chi connectivity index (χ2n) is 4.24. The fourth-order valence-electron chi connectivity index (χ4n) is 2.03. The maximum atomic E-state index is 11.1. The lowest BCUT2D eigenvalue weighted by Crippen LogP contribution is -2.00. The quantitative estimate of drug-likeness (QED) is 0.877. The normalized spacial score (nSPS) is 10.5. The van der Waals surface area contributed by atoms with E-state index in [9.17, 15) is 9.59 Å². The van der Waals surface area contributed by atoms with E-state index in [1.54, 1.807) is 42.8 Å². The topological polar surface area (TPSA) is 59.3 Å². The fraction of sp³-hybridized carbons (Fsp3) is 0.143. The van der Waals surface area contributed by atoms with Crippen LogP contribution in [0.1, 0.15) is 26.4 Å². The molecule has 2 aromatic rings. The molecule has 98 valence electrons. The van der Waals surface area contributed by atoms with E-state index in [0.29, 0.717) is 27.5 Å². The molecule has 1 heterocycles. The third-order valence-electron chi connectivity index (χ3n) is 3.18. The van der Waals surface area contributed by atoms with Crippen LogP contribution in [0.4, 0.5) is 0 Å². The Labute approximate surface area is 115 Å². The highest BCUT2D eigenvalue weighted by atomic mass is 35.5. The van der Waals surface area contributed by atoms with Crippen LogP contribution in [0.3, 0.4) is 0 Å². The van der Waals surface area contributed by atoms with Gasteiger partial charge in [-0.1, -0.05) is 11.6 Å². The number of rotatable bonds is 3. The number of carboxylic acid groups (broad SMARTS) is 1. The summed E-state index contributed by atoms with van der Waals surface area (Å²) in [6.07, 6.45) is 0.731. The average Bonchev–Trinajstić information content (AvgIpc) is 2.66. The summed E-state index contributed by atoms with van der Waals surface area (Å²) in [7, 11) is 1.76. The number of carbonyl (C=O) groups excluding carboxylic acids is 1. The lowest BCUT2D eigenvalue weighted by Gasteiger charge is -2.08. The Bertz CT molecular complexity index is 674. The molecule has 0 spiro atoms. The van der Waals surface area contributed by atoms with Crippen LogP contribution in [-0.4, -0.2) is 21.9 Å². The zero-order valence-corrected chi connectivity index (χ0v) is 11.2. The fourth-order valence-corrected chi connectivity index (χ4v) is 2.20. The highest BCUT2D eigenvalue weighted by Gasteiger charge is 2.17. The molecule has 5 heteroatoms. The number of aromatic nitrogens is 1. The van der Waals surface area contributed by atoms with Crippen molar-refractivity contribution < 1.29 is 14.7 Å². The van der Waals surface area contributed by atoms with Gasteiger partial charge in [0.05, 0.1) is 5.56 Å². The van der Waals surface area contributed by atoms with Crippen molar-refractivity contribution in [1.29, 1.82) is 0 Å². The summed E-state index contributed by atoms with van der Waals surface area (Å²) in [6.45, 7) is 1.72. The maximum Gasteiger partial charge on any atom is 0.337 e. The molecule has 0 aliphatic rings. The van der Waals surface area contributed by atoms with Crippen molar-refractivity contribution in [2.45, 2.75) is 6.92 Å². The molecule has 0 radical (unpaired) electrons. The highest BCUT2D eigenvalue weighted by Crippen LogP contribution is 2.29. The van der Waals surface area contributed by atoms with Gasteiger partial charge < -0.3 is 9.67 Å². The first-order valence-electron chi connectivity index (χ1n) is 5.60. The summed E-state index contributed by atoms with van der Waals surface area (Å²) >= 11 is 5.94. The van der Waals surface area contributed by atoms with Crippen molar-refractivity contribution in [3.8, 4) is 11.3 Å². The van der Waals surface area contributed by atoms with Crippen molar-refractivity contribution in [2.75, 3.05) is 0 Å². The van der Waals surface area contributed by atoms with E-state index >= 15 is 0 Å². The summed E-state index contributed by atoms with van der Waals surface area (Å²) in [5, 5.41) is 9.62. The van der Waals surface area contributed by atoms with Crippen molar-refractivity contribution in [1.82, 2.24) is 4.57 Å². The first-order valence-corrected chi connectivity index (χ1v) is 5.98. The smallest absolute Gasteiger partial charge is 0.337 e. The molecule has 1 aromatic carbocycles. The maximum absolute atomic E-state index is 11.1. The van der Waals surface area contributed by atoms with Gasteiger partial charge >= 0.3 is 5.97 Å². The van der Waals surface area contributed by atoms with Crippen molar-refractivity contribution >= 4 is 23.9 Å². The van der Waals surface area contributed by atoms with Gasteiger partial charge in [0.2, 0.25) is 0 Å². The molecule has 1 N–H and O–H groups in total. The van der Waals surface area contributed by atoms with Crippen molar-refractivity contribution in [3.63, 3.8) is 0 Å². The van der Waals surface area contributed by atoms with Crippen molar-refractivity contribution in [3.05, 3.63) is 46.1 Å². The minimum Gasteiger partial charge on any atom is -0.478 e. The molecule has 0 aliphatic heterocycles. The Kier molecular flexibility index (Phi) is 3.44. The molecule has 0 bridgehead atoms. The molecule has 0 unspecified atom stereocenters. The van der Waals surface area contributed by atoms with E-state index in [0.717, 1.165) is 6.29 Å². The second-order valence-corrected chi connectivity index (χ2v) is 4.68. The lowest BCUT2D eigenvalue weighted by atomic mass is 10.1. The number of halogens is 1. The molecule has 0 saturated carbocycles. The number of carboxylic acids is 1. The summed E-state index contributed by atoms with van der Waals surface area (Å²) < 4.78 is 1.74. The zero-order chi connectivity index (χ0) is 14.2. The molecule has 0 aliphatic carbocycles. The van der Waals surface area contributed by atoms with Crippen LogP contribution in [0.15, 0.2) is 24.3 Å². The standard InChI is InChI=1S/C14H12ClNO3/c1-8-11(14(18)19)6-13(16(8)2)12-5-10(15)4-3-9(12)7-17/h3-7H,1-2H3,(H,18,19). The number of hydrogen-bond acceptors (Lipinski definition) is 2. The van der Waals surface area contributed by atoms with Gasteiger partial charge in [0, 0.05) is 34.6 Å². The van der Waals surface area contributed by atoms with Gasteiger partial charge in [-0.05, 0) is 31.2 Å².